The number of benzene rings is 1. The van der Waals surface area contributed by atoms with Gasteiger partial charge in [0.05, 0.1) is 13.7 Å². The lowest BCUT2D eigenvalue weighted by molar-refractivity contribution is 0.0596. The third-order valence-corrected chi connectivity index (χ3v) is 3.65. The van der Waals surface area contributed by atoms with Crippen LogP contribution in [0.1, 0.15) is 75.2 Å². The second-order valence-corrected chi connectivity index (χ2v) is 6.63. The Morgan fingerprint density at radius 1 is 1.16 bits per heavy atom. The minimum atomic E-state index is -1.08. The number of hydrogen-bond acceptors (Lipinski definition) is 4. The van der Waals surface area contributed by atoms with Crippen molar-refractivity contribution in [1.82, 2.24) is 0 Å². The maximum Gasteiger partial charge on any atom is 0.341 e. The summed E-state index contributed by atoms with van der Waals surface area (Å²) in [5.41, 5.74) is -0.0938. The van der Waals surface area contributed by atoms with E-state index in [1.807, 2.05) is 0 Å². The molecule has 0 radical (unpaired) electrons. The van der Waals surface area contributed by atoms with E-state index in [9.17, 15) is 9.90 Å². The Balaban J connectivity index is 2.71. The van der Waals surface area contributed by atoms with Gasteiger partial charge in [-0.25, -0.2) is 4.79 Å². The van der Waals surface area contributed by atoms with Gasteiger partial charge in [0.15, 0.2) is 0 Å². The molecule has 0 spiro atoms. The van der Waals surface area contributed by atoms with Crippen molar-refractivity contribution in [2.75, 3.05) is 13.7 Å². The smallest absolute Gasteiger partial charge is 0.341 e. The molecule has 0 bridgehead atoms. The van der Waals surface area contributed by atoms with E-state index in [1.165, 1.54) is 32.8 Å². The van der Waals surface area contributed by atoms with E-state index in [1.54, 1.807) is 32.0 Å². The van der Waals surface area contributed by atoms with Gasteiger partial charge in [0, 0.05) is 5.56 Å². The van der Waals surface area contributed by atoms with Crippen molar-refractivity contribution < 1.29 is 19.4 Å². The van der Waals surface area contributed by atoms with Crippen LogP contribution >= 0.6 is 0 Å². The first-order chi connectivity index (χ1) is 11.9. The van der Waals surface area contributed by atoms with E-state index in [0.717, 1.165) is 12.8 Å². The van der Waals surface area contributed by atoms with Gasteiger partial charge in [0.1, 0.15) is 16.9 Å². The molecule has 4 nitrogen and oxygen atoms in total. The van der Waals surface area contributed by atoms with E-state index < -0.39 is 11.6 Å². The van der Waals surface area contributed by atoms with Crippen molar-refractivity contribution in [2.45, 2.75) is 64.9 Å². The molecular weight excluding hydrogens is 316 g/mol. The molecule has 1 aromatic carbocycles. The second-order valence-electron chi connectivity index (χ2n) is 6.63. The zero-order chi connectivity index (χ0) is 18.7. The molecule has 1 N–H and O–H groups in total. The highest BCUT2D eigenvalue weighted by Gasteiger charge is 2.14. The standard InChI is InChI=1S/C21H30O4/c1-5-6-7-8-9-10-15-25-19-12-11-17(13-14-21(2,3)23)16-18(19)20(22)24-4/h11-12,16,23H,5-10,15H2,1-4H3. The van der Waals surface area contributed by atoms with Crippen molar-refractivity contribution in [3.8, 4) is 17.6 Å². The lowest BCUT2D eigenvalue weighted by Gasteiger charge is -2.11. The van der Waals surface area contributed by atoms with Crippen molar-refractivity contribution in [3.63, 3.8) is 0 Å². The molecule has 0 fully saturated rings. The van der Waals surface area contributed by atoms with Gasteiger partial charge in [0.2, 0.25) is 0 Å². The number of carbonyl (C=O) groups excluding carboxylic acids is 1. The van der Waals surface area contributed by atoms with Crippen LogP contribution < -0.4 is 4.74 Å². The maximum atomic E-state index is 12.0. The summed E-state index contributed by atoms with van der Waals surface area (Å²) < 4.78 is 10.6. The van der Waals surface area contributed by atoms with Crippen LogP contribution in [0.15, 0.2) is 18.2 Å². The van der Waals surface area contributed by atoms with Crippen molar-refractivity contribution >= 4 is 5.97 Å². The number of hydrogen-bond donors (Lipinski definition) is 1. The number of aliphatic hydroxyl groups is 1. The third kappa shape index (κ3) is 8.60. The van der Waals surface area contributed by atoms with Crippen molar-refractivity contribution in [3.05, 3.63) is 29.3 Å². The molecule has 4 heteroatoms. The number of unbranched alkanes of at least 4 members (excludes halogenated alkanes) is 5. The number of esters is 1. The Hall–Kier alpha value is -1.99. The molecule has 0 saturated heterocycles. The molecule has 0 heterocycles. The zero-order valence-electron chi connectivity index (χ0n) is 15.9. The molecule has 0 aliphatic heterocycles. The molecular formula is C21H30O4. The average Bonchev–Trinajstić information content (AvgIpc) is 2.58. The Bertz CT molecular complexity index is 603. The van der Waals surface area contributed by atoms with Gasteiger partial charge in [-0.1, -0.05) is 50.9 Å². The molecule has 0 saturated carbocycles. The second kappa shape index (κ2) is 10.8. The molecule has 138 valence electrons. The highest BCUT2D eigenvalue weighted by atomic mass is 16.5. The fourth-order valence-corrected chi connectivity index (χ4v) is 2.29. The highest BCUT2D eigenvalue weighted by Crippen LogP contribution is 2.22. The zero-order valence-corrected chi connectivity index (χ0v) is 15.9. The Morgan fingerprint density at radius 2 is 1.84 bits per heavy atom. The highest BCUT2D eigenvalue weighted by molar-refractivity contribution is 5.92. The minimum Gasteiger partial charge on any atom is -0.493 e. The van der Waals surface area contributed by atoms with Crippen LogP contribution in [-0.2, 0) is 4.74 Å². The van der Waals surface area contributed by atoms with Gasteiger partial charge in [-0.3, -0.25) is 0 Å². The molecule has 1 rings (SSSR count). The fraction of sp³-hybridized carbons (Fsp3) is 0.571. The van der Waals surface area contributed by atoms with Crippen LogP contribution in [-0.4, -0.2) is 30.4 Å². The Labute approximate surface area is 151 Å². The van der Waals surface area contributed by atoms with Gasteiger partial charge < -0.3 is 14.6 Å². The molecule has 0 amide bonds. The van der Waals surface area contributed by atoms with Crippen LogP contribution in [0.2, 0.25) is 0 Å². The summed E-state index contributed by atoms with van der Waals surface area (Å²) in [5, 5.41) is 9.69. The van der Waals surface area contributed by atoms with Crippen LogP contribution in [0.3, 0.4) is 0 Å². The minimum absolute atomic E-state index is 0.357. The van der Waals surface area contributed by atoms with Gasteiger partial charge in [0.25, 0.3) is 0 Å². The molecule has 0 aromatic heterocycles. The third-order valence-electron chi connectivity index (χ3n) is 3.65. The molecule has 0 aliphatic rings. The van der Waals surface area contributed by atoms with Gasteiger partial charge in [-0.15, -0.1) is 0 Å². The van der Waals surface area contributed by atoms with Gasteiger partial charge in [-0.05, 0) is 38.5 Å². The molecule has 0 aliphatic carbocycles. The fourth-order valence-electron chi connectivity index (χ4n) is 2.29. The number of rotatable bonds is 9. The van der Waals surface area contributed by atoms with E-state index in [2.05, 4.69) is 18.8 Å². The molecule has 1 aromatic rings. The summed E-state index contributed by atoms with van der Waals surface area (Å²) in [6, 6.07) is 5.15. The predicted octanol–water partition coefficient (Wildman–Crippen LogP) is 4.33. The number of carbonyl (C=O) groups is 1. The largest absolute Gasteiger partial charge is 0.493 e. The summed E-state index contributed by atoms with van der Waals surface area (Å²) in [6.45, 7) is 6.00. The summed E-state index contributed by atoms with van der Waals surface area (Å²) in [6.07, 6.45) is 7.08. The first-order valence-corrected chi connectivity index (χ1v) is 8.98. The van der Waals surface area contributed by atoms with Crippen LogP contribution in [0, 0.1) is 11.8 Å². The van der Waals surface area contributed by atoms with Crippen LogP contribution in [0.25, 0.3) is 0 Å². The molecule has 25 heavy (non-hydrogen) atoms. The molecule has 0 atom stereocenters. The predicted molar refractivity (Wildman–Crippen MR) is 99.8 cm³/mol. The van der Waals surface area contributed by atoms with E-state index in [4.69, 9.17) is 9.47 Å². The monoisotopic (exact) mass is 346 g/mol. The first-order valence-electron chi connectivity index (χ1n) is 8.98. The normalized spacial score (nSPS) is 10.8. The Kier molecular flexibility index (Phi) is 9.08. The van der Waals surface area contributed by atoms with E-state index in [0.29, 0.717) is 23.5 Å². The van der Waals surface area contributed by atoms with E-state index in [-0.39, 0.29) is 0 Å². The number of methoxy groups -OCH3 is 1. The summed E-state index contributed by atoms with van der Waals surface area (Å²) >= 11 is 0. The molecule has 0 unspecified atom stereocenters. The summed E-state index contributed by atoms with van der Waals surface area (Å²) in [4.78, 5) is 12.0. The average molecular weight is 346 g/mol. The van der Waals surface area contributed by atoms with E-state index >= 15 is 0 Å². The lowest BCUT2D eigenvalue weighted by atomic mass is 10.1. The topological polar surface area (TPSA) is 55.8 Å². The first kappa shape index (κ1) is 21.1. The Morgan fingerprint density at radius 3 is 2.48 bits per heavy atom. The quantitative estimate of drug-likeness (QED) is 0.411. The summed E-state index contributed by atoms with van der Waals surface area (Å²) in [7, 11) is 1.34. The number of ether oxygens (including phenoxy) is 2. The van der Waals surface area contributed by atoms with Crippen LogP contribution in [0.4, 0.5) is 0 Å². The summed E-state index contributed by atoms with van der Waals surface area (Å²) in [5.74, 6) is 5.65. The maximum absolute atomic E-state index is 12.0. The van der Waals surface area contributed by atoms with Crippen molar-refractivity contribution in [2.24, 2.45) is 0 Å². The SMILES string of the molecule is CCCCCCCCOc1ccc(C#CC(C)(C)O)cc1C(=O)OC. The van der Waals surface area contributed by atoms with Gasteiger partial charge in [-0.2, -0.15) is 0 Å². The lowest BCUT2D eigenvalue weighted by Crippen LogP contribution is -2.14. The van der Waals surface area contributed by atoms with Gasteiger partial charge >= 0.3 is 5.97 Å². The van der Waals surface area contributed by atoms with Crippen LogP contribution in [0.5, 0.6) is 5.75 Å². The van der Waals surface area contributed by atoms with Crippen molar-refractivity contribution in [1.29, 1.82) is 0 Å².